The van der Waals surface area contributed by atoms with Crippen molar-refractivity contribution in [2.75, 3.05) is 11.3 Å². The molecule has 1 aliphatic rings. The van der Waals surface area contributed by atoms with Crippen molar-refractivity contribution < 1.29 is 26.3 Å². The summed E-state index contributed by atoms with van der Waals surface area (Å²) in [4.78, 5) is 12.0. The first-order valence-electron chi connectivity index (χ1n) is 11.3. The second-order valence-corrected chi connectivity index (χ2v) is 10.2. The van der Waals surface area contributed by atoms with E-state index in [-0.39, 0.29) is 23.4 Å². The number of alkyl halides is 3. The topological polar surface area (TPSA) is 94.1 Å². The molecule has 4 aromatic rings. The van der Waals surface area contributed by atoms with Gasteiger partial charge in [0.2, 0.25) is 5.95 Å². The number of nitrogens with one attached hydrogen (secondary N) is 1. The van der Waals surface area contributed by atoms with Crippen LogP contribution in [0.1, 0.15) is 34.7 Å². The number of halogens is 3. The van der Waals surface area contributed by atoms with Gasteiger partial charge >= 0.3 is 6.18 Å². The molecule has 1 atom stereocenters. The van der Waals surface area contributed by atoms with Gasteiger partial charge in [0, 0.05) is 47.4 Å². The minimum absolute atomic E-state index is 0.0465. The Morgan fingerprint density at radius 2 is 1.73 bits per heavy atom. The molecule has 5 rings (SSSR count). The molecule has 1 unspecified atom stereocenters. The third kappa shape index (κ3) is 5.12. The fraction of sp³-hybridized carbons (Fsp3) is 0.192. The highest BCUT2D eigenvalue weighted by molar-refractivity contribution is 7.92. The van der Waals surface area contributed by atoms with E-state index >= 15 is 0 Å². The molecular formula is C26H21F3N4O3S. The number of pyridine rings is 1. The summed E-state index contributed by atoms with van der Waals surface area (Å²) in [6.45, 7) is 2.07. The van der Waals surface area contributed by atoms with Gasteiger partial charge in [0.15, 0.2) is 0 Å². The molecule has 0 saturated carbocycles. The molecule has 0 amide bonds. The van der Waals surface area contributed by atoms with E-state index < -0.39 is 21.8 Å². The maximum Gasteiger partial charge on any atom is 0.416 e. The van der Waals surface area contributed by atoms with E-state index in [0.29, 0.717) is 34.4 Å². The first-order chi connectivity index (χ1) is 17.6. The van der Waals surface area contributed by atoms with Gasteiger partial charge in [-0.2, -0.15) is 13.2 Å². The molecular weight excluding hydrogens is 505 g/mol. The van der Waals surface area contributed by atoms with Gasteiger partial charge in [-0.05, 0) is 54.8 Å². The second-order valence-electron chi connectivity index (χ2n) is 8.56. The summed E-state index contributed by atoms with van der Waals surface area (Å²) in [5.74, 6) is -0.0365. The van der Waals surface area contributed by atoms with Gasteiger partial charge in [0.05, 0.1) is 17.1 Å². The largest absolute Gasteiger partial charge is 0.493 e. The highest BCUT2D eigenvalue weighted by atomic mass is 32.2. The van der Waals surface area contributed by atoms with Crippen molar-refractivity contribution in [1.29, 1.82) is 0 Å². The summed E-state index contributed by atoms with van der Waals surface area (Å²) in [6.07, 6.45) is 0.388. The van der Waals surface area contributed by atoms with E-state index in [9.17, 15) is 21.6 Å². The van der Waals surface area contributed by atoms with Crippen LogP contribution in [0.4, 0.5) is 19.1 Å². The zero-order valence-electron chi connectivity index (χ0n) is 19.5. The van der Waals surface area contributed by atoms with Crippen LogP contribution in [0.3, 0.4) is 0 Å². The average molecular weight is 527 g/mol. The zero-order chi connectivity index (χ0) is 26.2. The number of rotatable bonds is 5. The Morgan fingerprint density at radius 1 is 0.973 bits per heavy atom. The van der Waals surface area contributed by atoms with Crippen molar-refractivity contribution in [2.24, 2.45) is 0 Å². The predicted molar refractivity (Wildman–Crippen MR) is 131 cm³/mol. The van der Waals surface area contributed by atoms with Crippen molar-refractivity contribution >= 4 is 16.0 Å². The van der Waals surface area contributed by atoms with Crippen LogP contribution in [0.25, 0.3) is 11.1 Å². The van der Waals surface area contributed by atoms with Gasteiger partial charge < -0.3 is 4.74 Å². The van der Waals surface area contributed by atoms with E-state index in [0.717, 1.165) is 17.8 Å². The van der Waals surface area contributed by atoms with E-state index in [2.05, 4.69) is 19.7 Å². The van der Waals surface area contributed by atoms with E-state index in [1.165, 1.54) is 30.6 Å². The van der Waals surface area contributed by atoms with Gasteiger partial charge in [-0.15, -0.1) is 0 Å². The third-order valence-corrected chi connectivity index (χ3v) is 7.43. The molecule has 2 aromatic carbocycles. The van der Waals surface area contributed by atoms with Crippen molar-refractivity contribution in [3.63, 3.8) is 0 Å². The smallest absolute Gasteiger partial charge is 0.416 e. The standard InChI is InChI=1S/C26H21F3N4O3S/c1-16-3-4-17(15-32-16)23-13-18(26(27,28)29)5-7-20(23)21-9-12-36-24-14-19(6-8-22(21)24)37(34,35)33-25-30-10-2-11-31-25/h2-8,10-11,13-15,21H,9,12H2,1H3,(H,30,31,33). The SMILES string of the molecule is Cc1ccc(-c2cc(C(F)(F)F)ccc2C2CCOc3cc(S(=O)(=O)Nc4ncccn4)ccc32)cn1. The Kier molecular flexibility index (Phi) is 6.32. The molecule has 37 heavy (non-hydrogen) atoms. The number of aromatic nitrogens is 3. The molecule has 0 saturated heterocycles. The number of fused-ring (bicyclic) bond motifs is 1. The second kappa shape index (κ2) is 9.47. The summed E-state index contributed by atoms with van der Waals surface area (Å²) >= 11 is 0. The summed E-state index contributed by atoms with van der Waals surface area (Å²) in [6, 6.07) is 13.2. The Morgan fingerprint density at radius 3 is 2.43 bits per heavy atom. The van der Waals surface area contributed by atoms with Gasteiger partial charge in [-0.3, -0.25) is 4.98 Å². The predicted octanol–water partition coefficient (Wildman–Crippen LogP) is 5.58. The van der Waals surface area contributed by atoms with Gasteiger partial charge in [0.1, 0.15) is 5.75 Å². The van der Waals surface area contributed by atoms with Crippen LogP contribution in [0.2, 0.25) is 0 Å². The van der Waals surface area contributed by atoms with Gasteiger partial charge in [-0.1, -0.05) is 18.2 Å². The molecule has 7 nitrogen and oxygen atoms in total. The van der Waals surface area contributed by atoms with Crippen LogP contribution in [0, 0.1) is 6.92 Å². The molecule has 1 N–H and O–H groups in total. The normalized spacial score (nSPS) is 15.5. The number of nitrogens with zero attached hydrogens (tertiary/aromatic N) is 3. The number of aryl methyl sites for hydroxylation is 1. The van der Waals surface area contributed by atoms with Crippen LogP contribution in [0.5, 0.6) is 5.75 Å². The molecule has 0 spiro atoms. The zero-order valence-corrected chi connectivity index (χ0v) is 20.3. The van der Waals surface area contributed by atoms with Crippen LogP contribution >= 0.6 is 0 Å². The van der Waals surface area contributed by atoms with Crippen LogP contribution in [-0.2, 0) is 16.2 Å². The maximum atomic E-state index is 13.6. The Labute approximate surface area is 211 Å². The van der Waals surface area contributed by atoms with Crippen molar-refractivity contribution in [2.45, 2.75) is 30.3 Å². The quantitative estimate of drug-likeness (QED) is 0.365. The lowest BCUT2D eigenvalue weighted by molar-refractivity contribution is -0.137. The number of benzene rings is 2. The number of ether oxygens (including phenoxy) is 1. The van der Waals surface area contributed by atoms with E-state index in [1.807, 2.05) is 0 Å². The van der Waals surface area contributed by atoms with Gasteiger partial charge in [-0.25, -0.2) is 23.1 Å². The molecule has 1 aliphatic heterocycles. The van der Waals surface area contributed by atoms with Crippen LogP contribution in [0.15, 0.2) is 78.1 Å². The molecule has 0 aliphatic carbocycles. The fourth-order valence-corrected chi connectivity index (χ4v) is 5.28. The lowest BCUT2D eigenvalue weighted by Crippen LogP contribution is -2.19. The number of hydrogen-bond donors (Lipinski definition) is 1. The minimum atomic E-state index is -4.50. The fourth-order valence-electron chi connectivity index (χ4n) is 4.30. The monoisotopic (exact) mass is 526 g/mol. The average Bonchev–Trinajstić information content (AvgIpc) is 2.88. The first-order valence-corrected chi connectivity index (χ1v) is 12.8. The highest BCUT2D eigenvalue weighted by Crippen LogP contribution is 2.44. The number of hydrogen-bond acceptors (Lipinski definition) is 6. The summed E-state index contributed by atoms with van der Waals surface area (Å²) < 4.78 is 74.6. The number of anilines is 1. The Hall–Kier alpha value is -3.99. The molecule has 0 bridgehead atoms. The maximum absolute atomic E-state index is 13.6. The summed E-state index contributed by atoms with van der Waals surface area (Å²) in [7, 11) is -3.99. The Bertz CT molecular complexity index is 1540. The van der Waals surface area contributed by atoms with Crippen LogP contribution in [-0.4, -0.2) is 30.0 Å². The lowest BCUT2D eigenvalue weighted by Gasteiger charge is -2.29. The highest BCUT2D eigenvalue weighted by Gasteiger charge is 2.33. The lowest BCUT2D eigenvalue weighted by atomic mass is 9.82. The minimum Gasteiger partial charge on any atom is -0.493 e. The summed E-state index contributed by atoms with van der Waals surface area (Å²) in [5, 5.41) is 0. The van der Waals surface area contributed by atoms with E-state index in [1.54, 1.807) is 37.4 Å². The Balaban J connectivity index is 1.56. The molecule has 11 heteroatoms. The third-order valence-electron chi connectivity index (χ3n) is 6.10. The van der Waals surface area contributed by atoms with Gasteiger partial charge in [0.25, 0.3) is 10.0 Å². The molecule has 190 valence electrons. The molecule has 2 aromatic heterocycles. The molecule has 0 radical (unpaired) electrons. The first kappa shape index (κ1) is 24.7. The van der Waals surface area contributed by atoms with E-state index in [4.69, 9.17) is 4.74 Å². The number of sulfonamides is 1. The van der Waals surface area contributed by atoms with Crippen molar-refractivity contribution in [3.05, 3.63) is 95.6 Å². The molecule has 0 fully saturated rings. The van der Waals surface area contributed by atoms with Crippen LogP contribution < -0.4 is 9.46 Å². The van der Waals surface area contributed by atoms with Crippen molar-refractivity contribution in [3.8, 4) is 16.9 Å². The summed E-state index contributed by atoms with van der Waals surface area (Å²) in [5.41, 5.74) is 2.33. The molecule has 3 heterocycles. The van der Waals surface area contributed by atoms with Crippen molar-refractivity contribution in [1.82, 2.24) is 15.0 Å².